The number of carboxylic acid groups (broad SMARTS) is 1. The fourth-order valence-electron chi connectivity index (χ4n) is 1.46. The van der Waals surface area contributed by atoms with Gasteiger partial charge in [0.1, 0.15) is 17.1 Å². The third-order valence-electron chi connectivity index (χ3n) is 2.24. The molecule has 0 fully saturated rings. The van der Waals surface area contributed by atoms with Crippen LogP contribution in [0.25, 0.3) is 0 Å². The number of nitrogens with two attached hydrogens (primary N) is 1. The fourth-order valence-corrected chi connectivity index (χ4v) is 2.40. The maximum atomic E-state index is 13.1. The Kier molecular flexibility index (Phi) is 3.57. The van der Waals surface area contributed by atoms with Crippen molar-refractivity contribution in [3.63, 3.8) is 0 Å². The normalized spacial score (nSPS) is 10.5. The molecule has 4 nitrogen and oxygen atoms in total. The molecule has 0 unspecified atom stereocenters. The van der Waals surface area contributed by atoms with Crippen LogP contribution in [0.2, 0.25) is 0 Å². The largest absolute Gasteiger partial charge is 0.478 e. The molecule has 1 aromatic carbocycles. The van der Waals surface area contributed by atoms with Crippen molar-refractivity contribution in [1.82, 2.24) is 0 Å². The van der Waals surface area contributed by atoms with Crippen LogP contribution in [0.5, 0.6) is 0 Å². The van der Waals surface area contributed by atoms with Crippen LogP contribution in [0.1, 0.15) is 16.1 Å². The van der Waals surface area contributed by atoms with E-state index in [9.17, 15) is 9.18 Å². The van der Waals surface area contributed by atoms with Crippen molar-refractivity contribution in [2.24, 2.45) is 0 Å². The number of nitrogen functional groups attached to an aromatic ring is 1. The molecule has 0 amide bonds. The van der Waals surface area contributed by atoms with Gasteiger partial charge in [-0.2, -0.15) is 0 Å². The average Bonchev–Trinajstić information content (AvgIpc) is 2.73. The zero-order valence-corrected chi connectivity index (χ0v) is 10.0. The maximum absolute atomic E-state index is 13.1. The second-order valence-electron chi connectivity index (χ2n) is 3.57. The summed E-state index contributed by atoms with van der Waals surface area (Å²) in [5.41, 5.74) is 5.96. The molecule has 94 valence electrons. The van der Waals surface area contributed by atoms with Gasteiger partial charge in [0.25, 0.3) is 0 Å². The molecule has 0 saturated heterocycles. The minimum Gasteiger partial charge on any atom is -0.478 e. The Morgan fingerprint density at radius 1 is 1.44 bits per heavy atom. The molecule has 1 heterocycles. The smallest absolute Gasteiger partial charge is 0.339 e. The van der Waals surface area contributed by atoms with Crippen molar-refractivity contribution in [2.75, 3.05) is 5.73 Å². The highest BCUT2D eigenvalue weighted by Gasteiger charge is 2.13. The van der Waals surface area contributed by atoms with E-state index in [-0.39, 0.29) is 5.56 Å². The van der Waals surface area contributed by atoms with Gasteiger partial charge in [-0.15, -0.1) is 11.8 Å². The third-order valence-corrected chi connectivity index (χ3v) is 3.21. The molecule has 3 N–H and O–H groups in total. The van der Waals surface area contributed by atoms with Crippen LogP contribution in [0.15, 0.2) is 39.8 Å². The number of aromatic carboxylic acids is 1. The van der Waals surface area contributed by atoms with Gasteiger partial charge in [-0.3, -0.25) is 0 Å². The summed E-state index contributed by atoms with van der Waals surface area (Å²) in [6, 6.07) is 5.57. The van der Waals surface area contributed by atoms with Gasteiger partial charge in [0.05, 0.1) is 12.0 Å². The minimum absolute atomic E-state index is 0.117. The molecule has 0 radical (unpaired) electrons. The van der Waals surface area contributed by atoms with Crippen molar-refractivity contribution < 1.29 is 18.7 Å². The van der Waals surface area contributed by atoms with Crippen LogP contribution in [0, 0.1) is 5.82 Å². The summed E-state index contributed by atoms with van der Waals surface area (Å²) in [7, 11) is 0. The average molecular weight is 267 g/mol. The molecule has 0 aliphatic rings. The molecule has 6 heteroatoms. The van der Waals surface area contributed by atoms with E-state index in [1.165, 1.54) is 36.2 Å². The summed E-state index contributed by atoms with van der Waals surface area (Å²) < 4.78 is 18.2. The lowest BCUT2D eigenvalue weighted by Crippen LogP contribution is -1.97. The third kappa shape index (κ3) is 2.84. The van der Waals surface area contributed by atoms with Gasteiger partial charge in [0.2, 0.25) is 0 Å². The summed E-state index contributed by atoms with van der Waals surface area (Å²) in [5, 5.41) is 8.89. The van der Waals surface area contributed by atoms with Crippen LogP contribution < -0.4 is 5.73 Å². The molecular formula is C12H10FNO3S. The first-order valence-corrected chi connectivity index (χ1v) is 6.03. The second-order valence-corrected chi connectivity index (χ2v) is 4.62. The Morgan fingerprint density at radius 2 is 2.22 bits per heavy atom. The van der Waals surface area contributed by atoms with Crippen LogP contribution in [0.4, 0.5) is 10.1 Å². The number of benzene rings is 1. The van der Waals surface area contributed by atoms with E-state index in [2.05, 4.69) is 0 Å². The quantitative estimate of drug-likeness (QED) is 0.657. The molecule has 0 saturated carbocycles. The molecular weight excluding hydrogens is 257 g/mol. The summed E-state index contributed by atoms with van der Waals surface area (Å²) in [5.74, 6) is -0.818. The van der Waals surface area contributed by atoms with Crippen molar-refractivity contribution in [1.29, 1.82) is 0 Å². The molecule has 0 atom stereocenters. The lowest BCUT2D eigenvalue weighted by atomic mass is 10.3. The van der Waals surface area contributed by atoms with Crippen molar-refractivity contribution in [3.05, 3.63) is 47.7 Å². The lowest BCUT2D eigenvalue weighted by molar-refractivity contribution is 0.0695. The summed E-state index contributed by atoms with van der Waals surface area (Å²) in [4.78, 5) is 11.5. The molecule has 0 bridgehead atoms. The second kappa shape index (κ2) is 5.14. The number of rotatable bonds is 4. The van der Waals surface area contributed by atoms with Crippen LogP contribution in [0.3, 0.4) is 0 Å². The number of halogens is 1. The Morgan fingerprint density at radius 3 is 2.89 bits per heavy atom. The number of hydrogen-bond acceptors (Lipinski definition) is 4. The zero-order valence-electron chi connectivity index (χ0n) is 9.22. The monoisotopic (exact) mass is 267 g/mol. The number of hydrogen-bond donors (Lipinski definition) is 2. The summed E-state index contributed by atoms with van der Waals surface area (Å²) in [6.45, 7) is 0. The predicted molar refractivity (Wildman–Crippen MR) is 66.0 cm³/mol. The first-order chi connectivity index (χ1) is 8.56. The van der Waals surface area contributed by atoms with Crippen molar-refractivity contribution in [3.8, 4) is 0 Å². The Bertz CT molecular complexity index is 562. The molecule has 0 spiro atoms. The number of carboxylic acids is 1. The number of furan rings is 1. The van der Waals surface area contributed by atoms with Crippen LogP contribution >= 0.6 is 11.8 Å². The molecule has 0 aliphatic heterocycles. The highest BCUT2D eigenvalue weighted by Crippen LogP contribution is 2.27. The van der Waals surface area contributed by atoms with Gasteiger partial charge in [-0.25, -0.2) is 9.18 Å². The highest BCUT2D eigenvalue weighted by atomic mass is 32.2. The molecule has 2 aromatic rings. The first kappa shape index (κ1) is 12.5. The Hall–Kier alpha value is -1.95. The zero-order chi connectivity index (χ0) is 13.1. The van der Waals surface area contributed by atoms with E-state index >= 15 is 0 Å². The van der Waals surface area contributed by atoms with Gasteiger partial charge in [-0.05, 0) is 24.3 Å². The first-order valence-electron chi connectivity index (χ1n) is 5.05. The van der Waals surface area contributed by atoms with Crippen molar-refractivity contribution in [2.45, 2.75) is 10.6 Å². The van der Waals surface area contributed by atoms with Gasteiger partial charge in [0, 0.05) is 10.6 Å². The Labute approximate surface area is 107 Å². The fraction of sp³-hybridized carbons (Fsp3) is 0.0833. The Balaban J connectivity index is 2.11. The van der Waals surface area contributed by atoms with E-state index < -0.39 is 11.8 Å². The molecule has 2 rings (SSSR count). The van der Waals surface area contributed by atoms with Gasteiger partial charge in [-0.1, -0.05) is 0 Å². The van der Waals surface area contributed by atoms with Gasteiger partial charge in [0.15, 0.2) is 0 Å². The minimum atomic E-state index is -1.04. The van der Waals surface area contributed by atoms with Gasteiger partial charge >= 0.3 is 5.97 Å². The van der Waals surface area contributed by atoms with E-state index in [0.717, 1.165) is 0 Å². The van der Waals surface area contributed by atoms with E-state index in [1.807, 2.05) is 0 Å². The van der Waals surface area contributed by atoms with Crippen LogP contribution in [-0.4, -0.2) is 11.1 Å². The van der Waals surface area contributed by atoms with Crippen LogP contribution in [-0.2, 0) is 5.75 Å². The molecule has 0 aliphatic carbocycles. The van der Waals surface area contributed by atoms with Crippen molar-refractivity contribution >= 4 is 23.4 Å². The number of carbonyl (C=O) groups is 1. The molecule has 1 aromatic heterocycles. The maximum Gasteiger partial charge on any atom is 0.339 e. The molecule has 18 heavy (non-hydrogen) atoms. The lowest BCUT2D eigenvalue weighted by Gasteiger charge is -2.02. The van der Waals surface area contributed by atoms with E-state index in [1.54, 1.807) is 6.07 Å². The predicted octanol–water partition coefficient (Wildman–Crippen LogP) is 2.99. The standard InChI is InChI=1S/C12H10FNO3S/c13-7-3-8(14)5-9(4-7)18-6-11-10(12(15)16)1-2-17-11/h1-5H,6,14H2,(H,15,16). The summed E-state index contributed by atoms with van der Waals surface area (Å²) in [6.07, 6.45) is 1.32. The summed E-state index contributed by atoms with van der Waals surface area (Å²) >= 11 is 1.26. The number of thioether (sulfide) groups is 1. The SMILES string of the molecule is Nc1cc(F)cc(SCc2occc2C(=O)O)c1. The van der Waals surface area contributed by atoms with Gasteiger partial charge < -0.3 is 15.3 Å². The number of anilines is 1. The van der Waals surface area contributed by atoms with E-state index in [4.69, 9.17) is 15.3 Å². The highest BCUT2D eigenvalue weighted by molar-refractivity contribution is 7.98. The van der Waals surface area contributed by atoms with E-state index in [0.29, 0.717) is 22.1 Å². The topological polar surface area (TPSA) is 76.5 Å².